The summed E-state index contributed by atoms with van der Waals surface area (Å²) in [6.07, 6.45) is 2.09. The molecule has 0 unspecified atom stereocenters. The molecular weight excluding hydrogens is 591 g/mol. The molecule has 0 N–H and O–H groups in total. The van der Waals surface area contributed by atoms with E-state index in [9.17, 15) is 0 Å². The monoisotopic (exact) mass is 617 g/mol. The predicted octanol–water partition coefficient (Wildman–Crippen LogP) is 12.5. The van der Waals surface area contributed by atoms with Crippen LogP contribution in [0.5, 0.6) is 0 Å². The van der Waals surface area contributed by atoms with Gasteiger partial charge in [-0.1, -0.05) is 103 Å². The topological polar surface area (TPSA) is 18.1 Å². The molecule has 3 heteroatoms. The highest BCUT2D eigenvalue weighted by atomic mass is 32.1. The van der Waals surface area contributed by atoms with Crippen LogP contribution in [0.4, 0.5) is 0 Å². The van der Waals surface area contributed by atoms with E-state index in [0.29, 0.717) is 0 Å². The van der Waals surface area contributed by atoms with Crippen LogP contribution in [-0.4, -0.2) is 4.57 Å². The molecule has 3 heterocycles. The third-order valence-corrected chi connectivity index (χ3v) is 11.5. The quantitative estimate of drug-likeness (QED) is 0.189. The van der Waals surface area contributed by atoms with Crippen molar-refractivity contribution < 1.29 is 4.42 Å². The molecule has 47 heavy (non-hydrogen) atoms. The van der Waals surface area contributed by atoms with Crippen molar-refractivity contribution in [2.24, 2.45) is 0 Å². The van der Waals surface area contributed by atoms with Gasteiger partial charge in [0.25, 0.3) is 0 Å². The second-order valence-corrected chi connectivity index (χ2v) is 13.8. The Morgan fingerprint density at radius 3 is 2.21 bits per heavy atom. The average molecular weight is 618 g/mol. The highest BCUT2D eigenvalue weighted by molar-refractivity contribution is 7.26. The Kier molecular flexibility index (Phi) is 5.13. The highest BCUT2D eigenvalue weighted by Gasteiger charge is 2.22. The number of para-hydroxylation sites is 2. The molecule has 0 saturated carbocycles. The van der Waals surface area contributed by atoms with Gasteiger partial charge in [-0.2, -0.15) is 0 Å². The zero-order chi connectivity index (χ0) is 30.6. The normalized spacial score (nSPS) is 12.9. The zero-order valence-corrected chi connectivity index (χ0v) is 26.3. The number of aryl methyl sites for hydroxylation is 1. The van der Waals surface area contributed by atoms with E-state index in [2.05, 4.69) is 144 Å². The van der Waals surface area contributed by atoms with Crippen LogP contribution in [0.2, 0.25) is 0 Å². The number of thiophene rings is 1. The van der Waals surface area contributed by atoms with Crippen molar-refractivity contribution in [2.75, 3.05) is 0 Å². The molecule has 0 saturated heterocycles. The first-order valence-corrected chi connectivity index (χ1v) is 17.1. The lowest BCUT2D eigenvalue weighted by molar-refractivity contribution is 0.670. The summed E-state index contributed by atoms with van der Waals surface area (Å²) in [5.74, 6) is 0. The van der Waals surface area contributed by atoms with Gasteiger partial charge in [-0.25, -0.2) is 0 Å². The molecule has 0 bridgehead atoms. The lowest BCUT2D eigenvalue weighted by Crippen LogP contribution is -2.05. The number of benzene rings is 7. The lowest BCUT2D eigenvalue weighted by atomic mass is 9.82. The Morgan fingerprint density at radius 2 is 1.26 bits per heavy atom. The molecule has 7 aromatic carbocycles. The van der Waals surface area contributed by atoms with Gasteiger partial charge in [0.15, 0.2) is 0 Å². The SMILES string of the molecule is c1ccc2c(c1)CCc1c-2cccc1-c1cccc2c1oc1ccc(-n3c4ccccc4c4c5sc6ccccc6c5ccc43)cc12. The van der Waals surface area contributed by atoms with Crippen molar-refractivity contribution >= 4 is 75.3 Å². The Morgan fingerprint density at radius 1 is 0.511 bits per heavy atom. The third kappa shape index (κ3) is 3.49. The fourth-order valence-corrected chi connectivity index (χ4v) is 9.53. The fraction of sp³-hybridized carbons (Fsp3) is 0.0455. The number of hydrogen-bond acceptors (Lipinski definition) is 2. The predicted molar refractivity (Wildman–Crippen MR) is 199 cm³/mol. The molecule has 0 atom stereocenters. The molecule has 11 rings (SSSR count). The second-order valence-electron chi connectivity index (χ2n) is 12.7. The minimum atomic E-state index is 0.916. The van der Waals surface area contributed by atoms with Crippen LogP contribution >= 0.6 is 11.3 Å². The van der Waals surface area contributed by atoms with Crippen LogP contribution in [-0.2, 0) is 12.8 Å². The Bertz CT molecular complexity index is 2920. The van der Waals surface area contributed by atoms with Crippen LogP contribution < -0.4 is 0 Å². The summed E-state index contributed by atoms with van der Waals surface area (Å²) in [7, 11) is 0. The van der Waals surface area contributed by atoms with E-state index in [1.807, 2.05) is 11.3 Å². The van der Waals surface area contributed by atoms with Crippen molar-refractivity contribution in [3.63, 3.8) is 0 Å². The third-order valence-electron chi connectivity index (χ3n) is 10.3. The summed E-state index contributed by atoms with van der Waals surface area (Å²) in [5, 5.41) is 7.57. The van der Waals surface area contributed by atoms with Crippen LogP contribution in [0.15, 0.2) is 144 Å². The van der Waals surface area contributed by atoms with Crippen LogP contribution in [0.25, 0.3) is 91.9 Å². The fourth-order valence-electron chi connectivity index (χ4n) is 8.27. The van der Waals surface area contributed by atoms with Crippen molar-refractivity contribution in [3.05, 3.63) is 151 Å². The summed E-state index contributed by atoms with van der Waals surface area (Å²) in [6.45, 7) is 0. The van der Waals surface area contributed by atoms with Gasteiger partial charge in [-0.15, -0.1) is 11.3 Å². The van der Waals surface area contributed by atoms with Crippen molar-refractivity contribution in [3.8, 4) is 27.9 Å². The molecule has 0 amide bonds. The Labute approximate surface area is 274 Å². The number of fused-ring (bicyclic) bond motifs is 13. The van der Waals surface area contributed by atoms with E-state index < -0.39 is 0 Å². The van der Waals surface area contributed by atoms with E-state index in [0.717, 1.165) is 40.5 Å². The molecule has 0 radical (unpaired) electrons. The summed E-state index contributed by atoms with van der Waals surface area (Å²) < 4.78 is 11.8. The van der Waals surface area contributed by atoms with Gasteiger partial charge < -0.3 is 8.98 Å². The average Bonchev–Trinajstić information content (AvgIpc) is 3.80. The molecule has 220 valence electrons. The van der Waals surface area contributed by atoms with Gasteiger partial charge in [0.1, 0.15) is 11.2 Å². The highest BCUT2D eigenvalue weighted by Crippen LogP contribution is 2.45. The summed E-state index contributed by atoms with van der Waals surface area (Å²) in [4.78, 5) is 0. The largest absolute Gasteiger partial charge is 0.455 e. The summed E-state index contributed by atoms with van der Waals surface area (Å²) in [6, 6.07) is 51.1. The van der Waals surface area contributed by atoms with Gasteiger partial charge in [-0.3, -0.25) is 0 Å². The molecule has 0 aliphatic heterocycles. The molecule has 0 spiro atoms. The number of nitrogens with zero attached hydrogens (tertiary/aromatic N) is 1. The Hall–Kier alpha value is -5.64. The van der Waals surface area contributed by atoms with Gasteiger partial charge in [-0.05, 0) is 77.1 Å². The maximum absolute atomic E-state index is 6.73. The minimum Gasteiger partial charge on any atom is -0.455 e. The first kappa shape index (κ1) is 25.5. The molecule has 1 aliphatic carbocycles. The maximum atomic E-state index is 6.73. The van der Waals surface area contributed by atoms with Crippen molar-refractivity contribution in [1.82, 2.24) is 4.57 Å². The van der Waals surface area contributed by atoms with Crippen LogP contribution in [0.1, 0.15) is 11.1 Å². The summed E-state index contributed by atoms with van der Waals surface area (Å²) >= 11 is 1.90. The van der Waals surface area contributed by atoms with E-state index in [-0.39, 0.29) is 0 Å². The number of hydrogen-bond donors (Lipinski definition) is 0. The summed E-state index contributed by atoms with van der Waals surface area (Å²) in [5.41, 5.74) is 13.5. The molecule has 10 aromatic rings. The standard InChI is InChI=1S/C44H27NOS/c1-2-10-28-26(9-1)19-21-31-29(28)13-7-14-30(31)33-15-8-16-34-37-25-27(20-24-40(37)46-43(33)34)45-38-17-5-3-12-36(38)42-39(45)23-22-35-32-11-4-6-18-41(32)47-44(35)42/h1-18,20,22-25H,19,21H2. The molecule has 0 fully saturated rings. The number of rotatable bonds is 2. The van der Waals surface area contributed by atoms with E-state index in [1.165, 1.54) is 75.4 Å². The van der Waals surface area contributed by atoms with Gasteiger partial charge in [0.2, 0.25) is 0 Å². The lowest BCUT2D eigenvalue weighted by Gasteiger charge is -2.22. The van der Waals surface area contributed by atoms with Gasteiger partial charge >= 0.3 is 0 Å². The first-order chi connectivity index (χ1) is 23.3. The zero-order valence-electron chi connectivity index (χ0n) is 25.5. The smallest absolute Gasteiger partial charge is 0.143 e. The Balaban J connectivity index is 1.14. The van der Waals surface area contributed by atoms with Gasteiger partial charge in [0.05, 0.1) is 11.0 Å². The van der Waals surface area contributed by atoms with Gasteiger partial charge in [0, 0.05) is 53.0 Å². The van der Waals surface area contributed by atoms with E-state index in [1.54, 1.807) is 0 Å². The number of aromatic nitrogens is 1. The number of furan rings is 1. The van der Waals surface area contributed by atoms with Crippen molar-refractivity contribution in [1.29, 1.82) is 0 Å². The van der Waals surface area contributed by atoms with Crippen LogP contribution in [0, 0.1) is 0 Å². The first-order valence-electron chi connectivity index (χ1n) is 16.3. The minimum absolute atomic E-state index is 0.916. The molecule has 3 aromatic heterocycles. The van der Waals surface area contributed by atoms with Crippen molar-refractivity contribution in [2.45, 2.75) is 12.8 Å². The van der Waals surface area contributed by atoms with Crippen LogP contribution in [0.3, 0.4) is 0 Å². The van der Waals surface area contributed by atoms with E-state index in [4.69, 9.17) is 4.42 Å². The molecule has 2 nitrogen and oxygen atoms in total. The second kappa shape index (κ2) is 9.45. The van der Waals surface area contributed by atoms with E-state index >= 15 is 0 Å². The maximum Gasteiger partial charge on any atom is 0.143 e. The molecular formula is C44H27NOS. The molecule has 1 aliphatic rings.